The molecule has 1 fully saturated rings. The Balaban J connectivity index is 2.20. The molecule has 0 aliphatic heterocycles. The molecule has 1 saturated carbocycles. The minimum atomic E-state index is 1.02. The molecule has 0 saturated heterocycles. The molecule has 0 N–H and O–H groups in total. The fourth-order valence-electron chi connectivity index (χ4n) is 0.277. The molecule has 0 unspecified atom stereocenters. The zero-order valence-corrected chi connectivity index (χ0v) is 5.40. The number of halogens is 1. The Bertz CT molecular complexity index is 36.9. The van der Waals surface area contributed by atoms with Crippen molar-refractivity contribution in [2.24, 2.45) is 5.92 Å². The van der Waals surface area contributed by atoms with Crippen LogP contribution in [0, 0.1) is 5.92 Å². The van der Waals surface area contributed by atoms with E-state index >= 15 is 0 Å². The van der Waals surface area contributed by atoms with E-state index in [0.29, 0.717) is 0 Å². The van der Waals surface area contributed by atoms with Gasteiger partial charge in [0.2, 0.25) is 0 Å². The highest BCUT2D eigenvalue weighted by atomic mass is 127. The second-order valence-electron chi connectivity index (χ2n) is 1.73. The third-order valence-corrected chi connectivity index (χ3v) is 2.75. The molecule has 5 heavy (non-hydrogen) atoms. The fourth-order valence-corrected chi connectivity index (χ4v) is 1.08. The summed E-state index contributed by atoms with van der Waals surface area (Å²) in [5, 5.41) is 0. The number of hydrogen-bond donors (Lipinski definition) is 0. The molecule has 2 atom stereocenters. The molecule has 30 valence electrons. The summed E-state index contributed by atoms with van der Waals surface area (Å²) in [7, 11) is 0. The molecule has 1 rings (SSSR count). The normalized spacial score (nSPS) is 49.2. The van der Waals surface area contributed by atoms with Gasteiger partial charge in [-0.15, -0.1) is 0 Å². The van der Waals surface area contributed by atoms with Gasteiger partial charge < -0.3 is 0 Å². The Morgan fingerprint density at radius 1 is 1.80 bits per heavy atom. The summed E-state index contributed by atoms with van der Waals surface area (Å²) in [6.45, 7) is 2.29. The monoisotopic (exact) mass is 182 g/mol. The number of rotatable bonds is 0. The van der Waals surface area contributed by atoms with E-state index in [4.69, 9.17) is 0 Å². The van der Waals surface area contributed by atoms with Crippen molar-refractivity contribution < 1.29 is 0 Å². The highest BCUT2D eigenvalue weighted by Gasteiger charge is 2.28. The summed E-state index contributed by atoms with van der Waals surface area (Å²) in [5.74, 6) is 1.04. The van der Waals surface area contributed by atoms with Gasteiger partial charge in [-0.3, -0.25) is 0 Å². The maximum atomic E-state index is 2.48. The first-order valence-electron chi connectivity index (χ1n) is 1.95. The van der Waals surface area contributed by atoms with E-state index in [9.17, 15) is 0 Å². The van der Waals surface area contributed by atoms with Crippen molar-refractivity contribution in [3.63, 3.8) is 0 Å². The number of hydrogen-bond acceptors (Lipinski definition) is 0. The molecule has 0 aromatic rings. The largest absolute Gasteiger partial charge is 0.0823 e. The Kier molecular flexibility index (Phi) is 0.860. The van der Waals surface area contributed by atoms with Crippen LogP contribution in [0.4, 0.5) is 0 Å². The molecule has 0 spiro atoms. The second kappa shape index (κ2) is 1.10. The molecule has 0 heterocycles. The number of alkyl halides is 1. The van der Waals surface area contributed by atoms with Crippen LogP contribution in [0.1, 0.15) is 13.3 Å². The Morgan fingerprint density at radius 3 is 2.00 bits per heavy atom. The first-order chi connectivity index (χ1) is 2.30. The average molecular weight is 182 g/mol. The van der Waals surface area contributed by atoms with Gasteiger partial charge in [-0.1, -0.05) is 29.5 Å². The second-order valence-corrected chi connectivity index (χ2v) is 3.33. The lowest BCUT2D eigenvalue weighted by Crippen LogP contribution is -1.59. The van der Waals surface area contributed by atoms with Gasteiger partial charge in [-0.2, -0.15) is 0 Å². The highest BCUT2D eigenvalue weighted by Crippen LogP contribution is 2.36. The molecule has 0 radical (unpaired) electrons. The van der Waals surface area contributed by atoms with Crippen LogP contribution in [0.25, 0.3) is 0 Å². The van der Waals surface area contributed by atoms with Crippen molar-refractivity contribution in [1.29, 1.82) is 0 Å². The van der Waals surface area contributed by atoms with E-state index in [1.165, 1.54) is 6.42 Å². The third kappa shape index (κ3) is 0.778. The molecule has 1 aliphatic rings. The van der Waals surface area contributed by atoms with Gasteiger partial charge in [-0.05, 0) is 12.3 Å². The Morgan fingerprint density at radius 2 is 2.00 bits per heavy atom. The van der Waals surface area contributed by atoms with Crippen LogP contribution in [0.5, 0.6) is 0 Å². The van der Waals surface area contributed by atoms with Crippen molar-refractivity contribution >= 4 is 22.6 Å². The van der Waals surface area contributed by atoms with Crippen LogP contribution < -0.4 is 0 Å². The summed E-state index contributed by atoms with van der Waals surface area (Å²) < 4.78 is 1.02. The van der Waals surface area contributed by atoms with E-state index in [1.54, 1.807) is 0 Å². The van der Waals surface area contributed by atoms with Gasteiger partial charge in [0.1, 0.15) is 0 Å². The molecule has 0 aromatic carbocycles. The maximum Gasteiger partial charge on any atom is 0.0138 e. The van der Waals surface area contributed by atoms with Gasteiger partial charge in [-0.25, -0.2) is 0 Å². The van der Waals surface area contributed by atoms with Crippen molar-refractivity contribution in [3.8, 4) is 0 Å². The average Bonchev–Trinajstić information content (AvgIpc) is 1.79. The highest BCUT2D eigenvalue weighted by molar-refractivity contribution is 14.1. The topological polar surface area (TPSA) is 0 Å². The van der Waals surface area contributed by atoms with Gasteiger partial charge in [0.15, 0.2) is 0 Å². The molecule has 0 aromatic heterocycles. The van der Waals surface area contributed by atoms with E-state index in [2.05, 4.69) is 29.5 Å². The molecule has 1 aliphatic carbocycles. The molecular weight excluding hydrogens is 175 g/mol. The lowest BCUT2D eigenvalue weighted by atomic mass is 10.5. The molecule has 0 bridgehead atoms. The van der Waals surface area contributed by atoms with Gasteiger partial charge >= 0.3 is 0 Å². The molecule has 1 heteroatoms. The lowest BCUT2D eigenvalue weighted by Gasteiger charge is -1.64. The Hall–Kier alpha value is 0.730. The van der Waals surface area contributed by atoms with Crippen LogP contribution in [0.15, 0.2) is 0 Å². The lowest BCUT2D eigenvalue weighted by molar-refractivity contribution is 0.994. The summed E-state index contributed by atoms with van der Waals surface area (Å²) >= 11 is 2.48. The quantitative estimate of drug-likeness (QED) is 0.396. The van der Waals surface area contributed by atoms with Crippen LogP contribution >= 0.6 is 22.6 Å². The van der Waals surface area contributed by atoms with Gasteiger partial charge in [0.05, 0.1) is 0 Å². The summed E-state index contributed by atoms with van der Waals surface area (Å²) in [6, 6.07) is 0. The molecular formula is C4H7I. The van der Waals surface area contributed by atoms with Crippen molar-refractivity contribution in [1.82, 2.24) is 0 Å². The zero-order valence-electron chi connectivity index (χ0n) is 3.24. The van der Waals surface area contributed by atoms with Crippen molar-refractivity contribution in [2.75, 3.05) is 0 Å². The fraction of sp³-hybridized carbons (Fsp3) is 1.00. The summed E-state index contributed by atoms with van der Waals surface area (Å²) in [6.07, 6.45) is 1.46. The predicted octanol–water partition coefficient (Wildman–Crippen LogP) is 1.83. The first kappa shape index (κ1) is 3.90. The predicted molar refractivity (Wildman–Crippen MR) is 31.6 cm³/mol. The minimum Gasteiger partial charge on any atom is -0.0823 e. The van der Waals surface area contributed by atoms with Crippen molar-refractivity contribution in [2.45, 2.75) is 17.3 Å². The third-order valence-electron chi connectivity index (χ3n) is 1.01. The molecule has 0 nitrogen and oxygen atoms in total. The smallest absolute Gasteiger partial charge is 0.0138 e. The van der Waals surface area contributed by atoms with Crippen LogP contribution in [-0.4, -0.2) is 3.92 Å². The summed E-state index contributed by atoms with van der Waals surface area (Å²) in [5.41, 5.74) is 0. The van der Waals surface area contributed by atoms with Gasteiger partial charge in [0.25, 0.3) is 0 Å². The zero-order chi connectivity index (χ0) is 3.86. The van der Waals surface area contributed by atoms with E-state index in [0.717, 1.165) is 9.84 Å². The van der Waals surface area contributed by atoms with Crippen LogP contribution in [0.2, 0.25) is 0 Å². The van der Waals surface area contributed by atoms with Crippen LogP contribution in [-0.2, 0) is 0 Å². The minimum absolute atomic E-state index is 1.02. The standard InChI is InChI=1S/C4H7I/c1-3-2-4(3)5/h3-4H,2H2,1H3/t3-,4+/m0/s1. The molecule has 0 amide bonds. The van der Waals surface area contributed by atoms with E-state index in [1.807, 2.05) is 0 Å². The SMILES string of the molecule is C[C@H]1C[C@H]1I. The van der Waals surface area contributed by atoms with E-state index < -0.39 is 0 Å². The van der Waals surface area contributed by atoms with E-state index in [-0.39, 0.29) is 0 Å². The Labute approximate surface area is 46.1 Å². The van der Waals surface area contributed by atoms with Crippen LogP contribution in [0.3, 0.4) is 0 Å². The first-order valence-corrected chi connectivity index (χ1v) is 3.19. The maximum absolute atomic E-state index is 2.48. The summed E-state index contributed by atoms with van der Waals surface area (Å²) in [4.78, 5) is 0. The van der Waals surface area contributed by atoms with Gasteiger partial charge in [0, 0.05) is 3.92 Å². The van der Waals surface area contributed by atoms with Crippen molar-refractivity contribution in [3.05, 3.63) is 0 Å².